The second-order valence-corrected chi connectivity index (χ2v) is 10.5. The first-order valence-corrected chi connectivity index (χ1v) is 13.5. The van der Waals surface area contributed by atoms with Crippen LogP contribution >= 0.6 is 23.2 Å². The summed E-state index contributed by atoms with van der Waals surface area (Å²) in [5.41, 5.74) is -2.56. The van der Waals surface area contributed by atoms with E-state index < -0.39 is 22.8 Å². The maximum atomic E-state index is 14.1. The standard InChI is InChI=1S/C13H12Cl2N6O.C13H12F2N6O/c2*14-10-1-2-11(12(15)3-10)13(22,4-20-8-16-6-18-20)5-21-9-17-7-19-21/h2*1-3,6-9,22H,4-5H2. The molecule has 4 heterocycles. The molecule has 2 N–H and O–H groups in total. The summed E-state index contributed by atoms with van der Waals surface area (Å²) in [6, 6.07) is 7.98. The van der Waals surface area contributed by atoms with Crippen molar-refractivity contribution in [2.24, 2.45) is 0 Å². The Kier molecular flexibility index (Phi) is 9.34. The van der Waals surface area contributed by atoms with Crippen molar-refractivity contribution < 1.29 is 19.0 Å². The molecule has 0 saturated heterocycles. The van der Waals surface area contributed by atoms with Gasteiger partial charge in [0.15, 0.2) is 0 Å². The van der Waals surface area contributed by atoms with Gasteiger partial charge in [0, 0.05) is 27.2 Å². The molecule has 0 radical (unpaired) electrons. The monoisotopic (exact) mass is 644 g/mol. The molecule has 6 aromatic rings. The Labute approximate surface area is 258 Å². The lowest BCUT2D eigenvalue weighted by molar-refractivity contribution is -0.00861. The smallest absolute Gasteiger partial charge is 0.137 e. The van der Waals surface area contributed by atoms with Crippen LogP contribution in [0.15, 0.2) is 87.0 Å². The van der Waals surface area contributed by atoms with Crippen LogP contribution in [0.2, 0.25) is 10.0 Å². The van der Waals surface area contributed by atoms with Crippen LogP contribution in [0, 0.1) is 11.6 Å². The SMILES string of the molecule is OC(Cn1cncn1)(Cn1cncn1)c1ccc(Cl)cc1Cl.OC(Cn1cncn1)(Cn1cncn1)c1ccc(F)cc1F. The van der Waals surface area contributed by atoms with E-state index in [1.807, 2.05) is 0 Å². The lowest BCUT2D eigenvalue weighted by atomic mass is 9.93. The van der Waals surface area contributed by atoms with E-state index in [1.54, 1.807) is 18.2 Å². The van der Waals surface area contributed by atoms with E-state index in [2.05, 4.69) is 40.3 Å². The number of rotatable bonds is 10. The number of hydrogen-bond donors (Lipinski definition) is 2. The molecule has 0 unspecified atom stereocenters. The highest BCUT2D eigenvalue weighted by molar-refractivity contribution is 6.35. The maximum absolute atomic E-state index is 14.1. The second-order valence-electron chi connectivity index (χ2n) is 9.68. The maximum Gasteiger partial charge on any atom is 0.137 e. The summed E-state index contributed by atoms with van der Waals surface area (Å²) in [5, 5.41) is 38.9. The minimum Gasteiger partial charge on any atom is -0.381 e. The van der Waals surface area contributed by atoms with Crippen molar-refractivity contribution in [3.05, 3.63) is 120 Å². The topological polar surface area (TPSA) is 163 Å². The van der Waals surface area contributed by atoms with E-state index in [1.165, 1.54) is 75.4 Å². The second kappa shape index (κ2) is 13.3. The molecular formula is C26H24Cl2F2N12O2. The summed E-state index contributed by atoms with van der Waals surface area (Å²) >= 11 is 12.2. The number of benzene rings is 2. The van der Waals surface area contributed by atoms with Crippen molar-refractivity contribution in [2.75, 3.05) is 0 Å². The van der Waals surface area contributed by atoms with Gasteiger partial charge in [0.2, 0.25) is 0 Å². The molecule has 228 valence electrons. The molecule has 6 rings (SSSR count). The van der Waals surface area contributed by atoms with Crippen molar-refractivity contribution in [1.82, 2.24) is 59.1 Å². The molecule has 0 atom stereocenters. The van der Waals surface area contributed by atoms with Gasteiger partial charge in [-0.25, -0.2) is 47.4 Å². The van der Waals surface area contributed by atoms with Crippen LogP contribution < -0.4 is 0 Å². The fraction of sp³-hybridized carbons (Fsp3) is 0.231. The molecule has 0 bridgehead atoms. The number of halogens is 4. The summed E-state index contributed by atoms with van der Waals surface area (Å²) in [6.45, 7) is 0.174. The highest BCUT2D eigenvalue weighted by atomic mass is 35.5. The average molecular weight is 645 g/mol. The Morgan fingerprint density at radius 2 is 1.00 bits per heavy atom. The lowest BCUT2D eigenvalue weighted by Crippen LogP contribution is -2.37. The summed E-state index contributed by atoms with van der Waals surface area (Å²) in [4.78, 5) is 15.3. The molecule has 44 heavy (non-hydrogen) atoms. The van der Waals surface area contributed by atoms with Crippen molar-refractivity contribution in [3.8, 4) is 0 Å². The summed E-state index contributed by atoms with van der Waals surface area (Å²) in [6.07, 6.45) is 11.3. The van der Waals surface area contributed by atoms with Crippen LogP contribution in [-0.4, -0.2) is 69.3 Å². The normalized spacial score (nSPS) is 11.8. The van der Waals surface area contributed by atoms with Crippen molar-refractivity contribution in [2.45, 2.75) is 37.4 Å². The third-order valence-electron chi connectivity index (χ3n) is 6.43. The van der Waals surface area contributed by atoms with Crippen LogP contribution in [0.3, 0.4) is 0 Å². The minimum absolute atomic E-state index is 0.0556. The van der Waals surface area contributed by atoms with E-state index in [9.17, 15) is 19.0 Å². The Morgan fingerprint density at radius 1 is 0.591 bits per heavy atom. The van der Waals surface area contributed by atoms with Gasteiger partial charge in [0.05, 0.1) is 26.2 Å². The third-order valence-corrected chi connectivity index (χ3v) is 6.97. The quantitative estimate of drug-likeness (QED) is 0.226. The van der Waals surface area contributed by atoms with E-state index >= 15 is 0 Å². The lowest BCUT2D eigenvalue weighted by Gasteiger charge is -2.29. The van der Waals surface area contributed by atoms with Gasteiger partial charge in [0.1, 0.15) is 73.5 Å². The first-order valence-electron chi connectivity index (χ1n) is 12.8. The van der Waals surface area contributed by atoms with Crippen LogP contribution in [0.5, 0.6) is 0 Å². The molecule has 0 spiro atoms. The Bertz CT molecular complexity index is 1550. The molecule has 0 aliphatic carbocycles. The predicted molar refractivity (Wildman–Crippen MR) is 151 cm³/mol. The van der Waals surface area contributed by atoms with Crippen LogP contribution in [0.4, 0.5) is 8.78 Å². The van der Waals surface area contributed by atoms with Gasteiger partial charge in [-0.3, -0.25) is 0 Å². The van der Waals surface area contributed by atoms with Crippen LogP contribution in [-0.2, 0) is 37.4 Å². The first-order chi connectivity index (χ1) is 21.1. The highest BCUT2D eigenvalue weighted by Crippen LogP contribution is 2.33. The molecule has 18 heteroatoms. The molecular weight excluding hydrogens is 621 g/mol. The summed E-state index contributed by atoms with van der Waals surface area (Å²) < 4.78 is 33.0. The number of aliphatic hydroxyl groups is 2. The van der Waals surface area contributed by atoms with Gasteiger partial charge >= 0.3 is 0 Å². The molecule has 0 aliphatic heterocycles. The Balaban J connectivity index is 0.000000175. The molecule has 0 fully saturated rings. The zero-order valence-electron chi connectivity index (χ0n) is 22.7. The largest absolute Gasteiger partial charge is 0.381 e. The van der Waals surface area contributed by atoms with Gasteiger partial charge in [-0.05, 0) is 18.2 Å². The Morgan fingerprint density at radius 3 is 1.36 bits per heavy atom. The molecule has 4 aromatic heterocycles. The van der Waals surface area contributed by atoms with Gasteiger partial charge in [0.25, 0.3) is 0 Å². The van der Waals surface area contributed by atoms with Gasteiger partial charge < -0.3 is 10.2 Å². The van der Waals surface area contributed by atoms with Gasteiger partial charge in [-0.2, -0.15) is 20.4 Å². The van der Waals surface area contributed by atoms with Crippen molar-refractivity contribution in [3.63, 3.8) is 0 Å². The average Bonchev–Trinajstić information content (AvgIpc) is 3.79. The third kappa shape index (κ3) is 7.46. The molecule has 0 saturated carbocycles. The van der Waals surface area contributed by atoms with Crippen molar-refractivity contribution >= 4 is 23.2 Å². The van der Waals surface area contributed by atoms with E-state index in [4.69, 9.17) is 23.2 Å². The van der Waals surface area contributed by atoms with Gasteiger partial charge in [-0.1, -0.05) is 35.3 Å². The minimum atomic E-state index is -1.70. The van der Waals surface area contributed by atoms with Crippen molar-refractivity contribution in [1.29, 1.82) is 0 Å². The fourth-order valence-corrected chi connectivity index (χ4v) is 5.09. The predicted octanol–water partition coefficient (Wildman–Crippen LogP) is 2.50. The van der Waals surface area contributed by atoms with Crippen LogP contribution in [0.1, 0.15) is 11.1 Å². The Hall–Kier alpha value is -4.64. The van der Waals surface area contributed by atoms with E-state index in [-0.39, 0.29) is 31.7 Å². The highest BCUT2D eigenvalue weighted by Gasteiger charge is 2.35. The zero-order valence-corrected chi connectivity index (χ0v) is 24.2. The zero-order chi connectivity index (χ0) is 31.2. The summed E-state index contributed by atoms with van der Waals surface area (Å²) in [5.74, 6) is -1.56. The number of nitrogens with zero attached hydrogens (tertiary/aromatic N) is 12. The summed E-state index contributed by atoms with van der Waals surface area (Å²) in [7, 11) is 0. The molecule has 2 aromatic carbocycles. The molecule has 14 nitrogen and oxygen atoms in total. The van der Waals surface area contributed by atoms with Crippen LogP contribution in [0.25, 0.3) is 0 Å². The van der Waals surface area contributed by atoms with E-state index in [0.29, 0.717) is 15.6 Å². The molecule has 0 amide bonds. The number of aromatic nitrogens is 12. The van der Waals surface area contributed by atoms with Gasteiger partial charge in [-0.15, -0.1) is 0 Å². The first kappa shape index (κ1) is 30.8. The fourth-order valence-electron chi connectivity index (χ4n) is 4.50. The van der Waals surface area contributed by atoms with E-state index in [0.717, 1.165) is 12.1 Å². The molecule has 0 aliphatic rings. The number of hydrogen-bond acceptors (Lipinski definition) is 10.